The maximum Gasteiger partial charge on any atom is 0.238 e. The van der Waals surface area contributed by atoms with Crippen LogP contribution in [0.25, 0.3) is 0 Å². The van der Waals surface area contributed by atoms with Gasteiger partial charge in [-0.2, -0.15) is 9.97 Å². The van der Waals surface area contributed by atoms with E-state index in [0.29, 0.717) is 18.2 Å². The summed E-state index contributed by atoms with van der Waals surface area (Å²) in [4.78, 5) is 7.95. The van der Waals surface area contributed by atoms with Gasteiger partial charge in [0.2, 0.25) is 21.9 Å². The van der Waals surface area contributed by atoms with E-state index >= 15 is 0 Å². The number of sulfonamides is 1. The van der Waals surface area contributed by atoms with Crippen molar-refractivity contribution in [2.45, 2.75) is 11.4 Å². The van der Waals surface area contributed by atoms with Crippen LogP contribution in [0.1, 0.15) is 5.56 Å². The van der Waals surface area contributed by atoms with Gasteiger partial charge in [-0.25, -0.2) is 13.6 Å². The molecule has 0 unspecified atom stereocenters. The van der Waals surface area contributed by atoms with E-state index in [4.69, 9.17) is 15.6 Å². The molecule has 112 valence electrons. The summed E-state index contributed by atoms with van der Waals surface area (Å²) in [6.45, 7) is 0.435. The van der Waals surface area contributed by atoms with Crippen LogP contribution in [-0.2, 0) is 16.6 Å². The van der Waals surface area contributed by atoms with Gasteiger partial charge in [0, 0.05) is 12.6 Å². The minimum absolute atomic E-state index is 0.0687. The predicted octanol–water partition coefficient (Wildman–Crippen LogP) is 0.327. The molecule has 0 bridgehead atoms. The van der Waals surface area contributed by atoms with Gasteiger partial charge < -0.3 is 15.8 Å². The highest BCUT2D eigenvalue weighted by molar-refractivity contribution is 7.89. The highest BCUT2D eigenvalue weighted by Gasteiger charge is 2.07. The second kappa shape index (κ2) is 5.94. The lowest BCUT2D eigenvalue weighted by Crippen LogP contribution is -2.12. The van der Waals surface area contributed by atoms with Crippen LogP contribution in [0.5, 0.6) is 5.88 Å². The monoisotopic (exact) mass is 309 g/mol. The third-order valence-electron chi connectivity index (χ3n) is 2.65. The molecule has 21 heavy (non-hydrogen) atoms. The number of aromatic nitrogens is 2. The van der Waals surface area contributed by atoms with E-state index < -0.39 is 10.0 Å². The summed E-state index contributed by atoms with van der Waals surface area (Å²) in [5, 5.41) is 8.08. The van der Waals surface area contributed by atoms with Crippen molar-refractivity contribution >= 4 is 21.8 Å². The van der Waals surface area contributed by atoms with Crippen molar-refractivity contribution in [1.82, 2.24) is 9.97 Å². The Morgan fingerprint density at radius 1 is 1.24 bits per heavy atom. The van der Waals surface area contributed by atoms with Gasteiger partial charge in [0.25, 0.3) is 0 Å². The Morgan fingerprint density at radius 3 is 2.48 bits per heavy atom. The van der Waals surface area contributed by atoms with Gasteiger partial charge in [-0.3, -0.25) is 0 Å². The number of nitrogens with two attached hydrogens (primary N) is 2. The summed E-state index contributed by atoms with van der Waals surface area (Å²) < 4.78 is 27.3. The zero-order valence-corrected chi connectivity index (χ0v) is 12.1. The molecular weight excluding hydrogens is 294 g/mol. The van der Waals surface area contributed by atoms with E-state index in [1.807, 2.05) is 0 Å². The van der Waals surface area contributed by atoms with Crippen LogP contribution in [0.15, 0.2) is 35.2 Å². The Bertz CT molecular complexity index is 731. The van der Waals surface area contributed by atoms with Gasteiger partial charge in [0.15, 0.2) is 0 Å². The van der Waals surface area contributed by atoms with Crippen LogP contribution in [0.4, 0.5) is 11.8 Å². The van der Waals surface area contributed by atoms with Crippen LogP contribution in [0, 0.1) is 0 Å². The normalized spacial score (nSPS) is 11.1. The summed E-state index contributed by atoms with van der Waals surface area (Å²) in [6.07, 6.45) is 0. The van der Waals surface area contributed by atoms with Crippen molar-refractivity contribution in [2.24, 2.45) is 5.14 Å². The fraction of sp³-hybridized carbons (Fsp3) is 0.167. The molecule has 9 heteroatoms. The van der Waals surface area contributed by atoms with Crippen molar-refractivity contribution in [2.75, 3.05) is 18.2 Å². The molecule has 2 aromatic rings. The van der Waals surface area contributed by atoms with E-state index in [9.17, 15) is 8.42 Å². The van der Waals surface area contributed by atoms with E-state index in [1.165, 1.54) is 19.2 Å². The lowest BCUT2D eigenvalue weighted by atomic mass is 10.2. The molecule has 8 nitrogen and oxygen atoms in total. The molecule has 1 heterocycles. The molecular formula is C12H15N5O3S. The number of ether oxygens (including phenoxy) is 1. The molecule has 0 saturated heterocycles. The van der Waals surface area contributed by atoms with Gasteiger partial charge in [0.05, 0.1) is 12.0 Å². The maximum atomic E-state index is 11.1. The SMILES string of the molecule is COc1cc(NCc2ccc(S(N)(=O)=O)cc2)nc(N)n1. The largest absolute Gasteiger partial charge is 0.481 e. The highest BCUT2D eigenvalue weighted by atomic mass is 32.2. The number of nitrogen functional groups attached to an aromatic ring is 1. The Balaban J connectivity index is 2.08. The molecule has 0 spiro atoms. The number of anilines is 2. The number of methoxy groups -OCH3 is 1. The number of hydrogen-bond acceptors (Lipinski definition) is 7. The molecule has 0 radical (unpaired) electrons. The fourth-order valence-corrected chi connectivity index (χ4v) is 2.14. The summed E-state index contributed by atoms with van der Waals surface area (Å²) >= 11 is 0. The van der Waals surface area contributed by atoms with Crippen LogP contribution in [-0.4, -0.2) is 25.5 Å². The number of hydrogen-bond donors (Lipinski definition) is 3. The summed E-state index contributed by atoms with van der Waals surface area (Å²) in [6, 6.07) is 7.82. The minimum Gasteiger partial charge on any atom is -0.481 e. The summed E-state index contributed by atoms with van der Waals surface area (Å²) in [5.41, 5.74) is 6.41. The second-order valence-electron chi connectivity index (χ2n) is 4.20. The van der Waals surface area contributed by atoms with Crippen LogP contribution >= 0.6 is 0 Å². The summed E-state index contributed by atoms with van der Waals surface area (Å²) in [5.74, 6) is 0.964. The van der Waals surface area contributed by atoms with Crippen LogP contribution in [0.3, 0.4) is 0 Å². The molecule has 0 aliphatic carbocycles. The molecule has 0 fully saturated rings. The number of primary sulfonamides is 1. The summed E-state index contributed by atoms with van der Waals surface area (Å²) in [7, 11) is -2.19. The number of nitrogens with one attached hydrogen (secondary N) is 1. The first-order valence-electron chi connectivity index (χ1n) is 5.92. The van der Waals surface area contributed by atoms with E-state index in [0.717, 1.165) is 5.56 Å². The van der Waals surface area contributed by atoms with E-state index in [2.05, 4.69) is 15.3 Å². The van der Waals surface area contributed by atoms with Crippen LogP contribution < -0.4 is 20.9 Å². The van der Waals surface area contributed by atoms with E-state index in [1.54, 1.807) is 18.2 Å². The molecule has 2 rings (SSSR count). The minimum atomic E-state index is -3.68. The molecule has 5 N–H and O–H groups in total. The Kier molecular flexibility index (Phi) is 4.24. The lowest BCUT2D eigenvalue weighted by Gasteiger charge is -2.08. The average Bonchev–Trinajstić information content (AvgIpc) is 2.44. The molecule has 0 saturated carbocycles. The topological polar surface area (TPSA) is 133 Å². The Hall–Kier alpha value is -2.39. The first-order chi connectivity index (χ1) is 9.88. The second-order valence-corrected chi connectivity index (χ2v) is 5.76. The van der Waals surface area contributed by atoms with Gasteiger partial charge >= 0.3 is 0 Å². The fourth-order valence-electron chi connectivity index (χ4n) is 1.63. The first kappa shape index (κ1) is 15.0. The van der Waals surface area contributed by atoms with Crippen molar-refractivity contribution in [3.63, 3.8) is 0 Å². The first-order valence-corrected chi connectivity index (χ1v) is 7.47. The predicted molar refractivity (Wildman–Crippen MR) is 78.1 cm³/mol. The van der Waals surface area contributed by atoms with Gasteiger partial charge in [0.1, 0.15) is 5.82 Å². The lowest BCUT2D eigenvalue weighted by molar-refractivity contribution is 0.398. The highest BCUT2D eigenvalue weighted by Crippen LogP contribution is 2.15. The van der Waals surface area contributed by atoms with E-state index in [-0.39, 0.29) is 10.8 Å². The molecule has 1 aromatic carbocycles. The van der Waals surface area contributed by atoms with Crippen molar-refractivity contribution in [3.8, 4) is 5.88 Å². The maximum absolute atomic E-state index is 11.1. The third-order valence-corrected chi connectivity index (χ3v) is 3.58. The quantitative estimate of drug-likeness (QED) is 0.724. The average molecular weight is 309 g/mol. The molecule has 0 aliphatic heterocycles. The Labute approximate surface area is 122 Å². The van der Waals surface area contributed by atoms with Crippen molar-refractivity contribution in [3.05, 3.63) is 35.9 Å². The van der Waals surface area contributed by atoms with Crippen molar-refractivity contribution in [1.29, 1.82) is 0 Å². The zero-order chi connectivity index (χ0) is 15.5. The smallest absolute Gasteiger partial charge is 0.238 e. The standard InChI is InChI=1S/C12H15N5O3S/c1-20-11-6-10(16-12(13)17-11)15-7-8-2-4-9(5-3-8)21(14,18)19/h2-6H,7H2,1H3,(H2,14,18,19)(H3,13,15,16,17). The van der Waals surface area contributed by atoms with Crippen molar-refractivity contribution < 1.29 is 13.2 Å². The number of rotatable bonds is 5. The third kappa shape index (κ3) is 4.04. The van der Waals surface area contributed by atoms with Gasteiger partial charge in [-0.05, 0) is 17.7 Å². The molecule has 0 aliphatic rings. The Morgan fingerprint density at radius 2 is 1.90 bits per heavy atom. The number of nitrogens with zero attached hydrogens (tertiary/aromatic N) is 2. The van der Waals surface area contributed by atoms with Crippen LogP contribution in [0.2, 0.25) is 0 Å². The van der Waals surface area contributed by atoms with Gasteiger partial charge in [-0.1, -0.05) is 12.1 Å². The number of benzene rings is 1. The zero-order valence-electron chi connectivity index (χ0n) is 11.3. The molecule has 0 atom stereocenters. The molecule has 1 aromatic heterocycles. The van der Waals surface area contributed by atoms with Gasteiger partial charge in [-0.15, -0.1) is 0 Å². The molecule has 0 amide bonds.